The molecule has 1 saturated heterocycles. The molecule has 0 unspecified atom stereocenters. The third-order valence-electron chi connectivity index (χ3n) is 5.38. The van der Waals surface area contributed by atoms with E-state index < -0.39 is 0 Å². The highest BCUT2D eigenvalue weighted by Crippen LogP contribution is 2.14. The predicted octanol–water partition coefficient (Wildman–Crippen LogP) is 3.53. The number of rotatable bonds is 10. The second kappa shape index (κ2) is 11.4. The van der Waals surface area contributed by atoms with E-state index in [1.165, 1.54) is 12.2 Å². The normalized spacial score (nSPS) is 14.9. The van der Waals surface area contributed by atoms with Crippen LogP contribution in [-0.2, 0) is 14.3 Å². The van der Waals surface area contributed by atoms with Crippen molar-refractivity contribution >= 4 is 34.8 Å². The molecule has 0 saturated carbocycles. The van der Waals surface area contributed by atoms with Crippen LogP contribution in [0.3, 0.4) is 0 Å². The number of aromatic nitrogens is 2. The van der Waals surface area contributed by atoms with E-state index in [-0.39, 0.29) is 18.0 Å². The van der Waals surface area contributed by atoms with Gasteiger partial charge in [0.05, 0.1) is 37.0 Å². The molecule has 0 atom stereocenters. The fourth-order valence-electron chi connectivity index (χ4n) is 3.52. The fourth-order valence-corrected chi connectivity index (χ4v) is 3.52. The van der Waals surface area contributed by atoms with Gasteiger partial charge in [0.25, 0.3) is 0 Å². The Kier molecular flexibility index (Phi) is 7.79. The van der Waals surface area contributed by atoms with Crippen LogP contribution >= 0.6 is 0 Å². The summed E-state index contributed by atoms with van der Waals surface area (Å²) in [6, 6.07) is 13.2. The first-order valence-corrected chi connectivity index (χ1v) is 11.0. The van der Waals surface area contributed by atoms with Crippen molar-refractivity contribution in [2.24, 2.45) is 0 Å². The van der Waals surface area contributed by atoms with Gasteiger partial charge in [-0.25, -0.2) is 4.98 Å². The minimum atomic E-state index is -0.238. The van der Waals surface area contributed by atoms with E-state index >= 15 is 0 Å². The first-order chi connectivity index (χ1) is 16.2. The molecule has 2 heterocycles. The van der Waals surface area contributed by atoms with E-state index in [9.17, 15) is 9.59 Å². The molecule has 7 nitrogen and oxygen atoms in total. The van der Waals surface area contributed by atoms with Crippen LogP contribution in [0.2, 0.25) is 0 Å². The van der Waals surface area contributed by atoms with Gasteiger partial charge in [-0.2, -0.15) is 0 Å². The average molecular weight is 446 g/mol. The van der Waals surface area contributed by atoms with Crippen LogP contribution in [0.5, 0.6) is 5.75 Å². The van der Waals surface area contributed by atoms with Crippen LogP contribution in [0.25, 0.3) is 23.2 Å². The number of ether oxygens (including phenoxy) is 2. The second-order valence-corrected chi connectivity index (χ2v) is 7.83. The number of nitrogens with zero attached hydrogens (tertiary/aromatic N) is 2. The average Bonchev–Trinajstić information content (AvgIpc) is 3.31. The smallest absolute Gasteiger partial charge is 0.163 e. The standard InChI is InChI=1S/C26H27N3O4/c30-22(18-23(31)7-2-21-5-10-25-26(17-21)28-19-27-25)6-1-20-3-8-24(9-4-20)33-16-13-29-11-14-32-15-12-29/h1-10,17,19H,11-16,18H2,(H,27,28)/b6-1+,7-2+. The molecule has 2 aromatic carbocycles. The number of H-pyrrole nitrogens is 1. The fraction of sp³-hybridized carbons (Fsp3) is 0.269. The summed E-state index contributed by atoms with van der Waals surface area (Å²) in [6.45, 7) is 4.95. The van der Waals surface area contributed by atoms with E-state index in [0.717, 1.165) is 60.8 Å². The Morgan fingerprint density at radius 2 is 1.70 bits per heavy atom. The zero-order chi connectivity index (χ0) is 22.9. The van der Waals surface area contributed by atoms with Crippen molar-refractivity contribution in [3.63, 3.8) is 0 Å². The molecule has 170 valence electrons. The molecule has 1 aromatic heterocycles. The van der Waals surface area contributed by atoms with Crippen LogP contribution in [-0.4, -0.2) is 65.9 Å². The van der Waals surface area contributed by atoms with Crippen molar-refractivity contribution in [1.82, 2.24) is 14.9 Å². The van der Waals surface area contributed by atoms with Crippen molar-refractivity contribution in [3.05, 3.63) is 72.1 Å². The van der Waals surface area contributed by atoms with Crippen molar-refractivity contribution in [3.8, 4) is 5.75 Å². The minimum absolute atomic E-state index is 0.165. The molecule has 0 radical (unpaired) electrons. The highest BCUT2D eigenvalue weighted by Gasteiger charge is 2.09. The first-order valence-electron chi connectivity index (χ1n) is 11.0. The van der Waals surface area contributed by atoms with Gasteiger partial charge in [-0.3, -0.25) is 14.5 Å². The molecule has 0 aliphatic carbocycles. The van der Waals surface area contributed by atoms with Crippen molar-refractivity contribution in [2.45, 2.75) is 6.42 Å². The Bertz CT molecular complexity index is 1140. The molecule has 0 amide bonds. The Morgan fingerprint density at radius 1 is 1.00 bits per heavy atom. The van der Waals surface area contributed by atoms with Crippen LogP contribution in [0.1, 0.15) is 17.5 Å². The number of benzene rings is 2. The quantitative estimate of drug-likeness (QED) is 0.380. The molecule has 1 aliphatic rings. The van der Waals surface area contributed by atoms with Crippen LogP contribution in [0, 0.1) is 0 Å². The van der Waals surface area contributed by atoms with E-state index in [1.807, 2.05) is 42.5 Å². The maximum atomic E-state index is 12.1. The lowest BCUT2D eigenvalue weighted by Crippen LogP contribution is -2.38. The Balaban J connectivity index is 1.20. The number of carbonyl (C=O) groups is 2. The van der Waals surface area contributed by atoms with Crippen molar-refractivity contribution < 1.29 is 19.1 Å². The number of hydrogen-bond donors (Lipinski definition) is 1. The SMILES string of the molecule is O=C(/C=C/c1ccc(OCCN2CCOCC2)cc1)CC(=O)/C=C/c1ccc2nc[nH]c2c1. The summed E-state index contributed by atoms with van der Waals surface area (Å²) < 4.78 is 11.1. The summed E-state index contributed by atoms with van der Waals surface area (Å²) in [4.78, 5) is 33.8. The minimum Gasteiger partial charge on any atom is -0.492 e. The molecular formula is C26H27N3O4. The van der Waals surface area contributed by atoms with E-state index in [1.54, 1.807) is 18.5 Å². The number of ketones is 2. The zero-order valence-electron chi connectivity index (χ0n) is 18.4. The highest BCUT2D eigenvalue weighted by atomic mass is 16.5. The number of aromatic amines is 1. The van der Waals surface area contributed by atoms with E-state index in [4.69, 9.17) is 9.47 Å². The molecule has 33 heavy (non-hydrogen) atoms. The van der Waals surface area contributed by atoms with Crippen molar-refractivity contribution in [1.29, 1.82) is 0 Å². The molecule has 0 spiro atoms. The molecular weight excluding hydrogens is 418 g/mol. The molecule has 1 aliphatic heterocycles. The molecule has 0 bridgehead atoms. The molecule has 1 N–H and O–H groups in total. The summed E-state index contributed by atoms with van der Waals surface area (Å²) in [6.07, 6.45) is 7.76. The van der Waals surface area contributed by atoms with Gasteiger partial charge < -0.3 is 14.5 Å². The number of imidazole rings is 1. The van der Waals surface area contributed by atoms with Gasteiger partial charge in [0.2, 0.25) is 0 Å². The Labute approximate surface area is 192 Å². The largest absolute Gasteiger partial charge is 0.492 e. The number of carbonyl (C=O) groups excluding carboxylic acids is 2. The van der Waals surface area contributed by atoms with Gasteiger partial charge in [-0.1, -0.05) is 30.4 Å². The molecule has 3 aromatic rings. The lowest BCUT2D eigenvalue weighted by Gasteiger charge is -2.26. The summed E-state index contributed by atoms with van der Waals surface area (Å²) in [5.74, 6) is 0.318. The van der Waals surface area contributed by atoms with Crippen LogP contribution < -0.4 is 4.74 Å². The monoisotopic (exact) mass is 445 g/mol. The van der Waals surface area contributed by atoms with Gasteiger partial charge >= 0.3 is 0 Å². The van der Waals surface area contributed by atoms with Gasteiger partial charge in [-0.05, 0) is 47.5 Å². The topological polar surface area (TPSA) is 84.5 Å². The number of fused-ring (bicyclic) bond motifs is 1. The summed E-state index contributed by atoms with van der Waals surface area (Å²) >= 11 is 0. The van der Waals surface area contributed by atoms with E-state index in [0.29, 0.717) is 6.61 Å². The number of hydrogen-bond acceptors (Lipinski definition) is 6. The summed E-state index contributed by atoms with van der Waals surface area (Å²) in [5, 5.41) is 0. The number of allylic oxidation sites excluding steroid dienone is 2. The molecule has 4 rings (SSSR count). The number of nitrogens with one attached hydrogen (secondary N) is 1. The maximum Gasteiger partial charge on any atom is 0.163 e. The lowest BCUT2D eigenvalue weighted by atomic mass is 10.1. The predicted molar refractivity (Wildman–Crippen MR) is 128 cm³/mol. The van der Waals surface area contributed by atoms with Gasteiger partial charge in [0, 0.05) is 19.6 Å². The van der Waals surface area contributed by atoms with Crippen LogP contribution in [0.15, 0.2) is 60.9 Å². The third-order valence-corrected chi connectivity index (χ3v) is 5.38. The van der Waals surface area contributed by atoms with Crippen molar-refractivity contribution in [2.75, 3.05) is 39.5 Å². The summed E-state index contributed by atoms with van der Waals surface area (Å²) in [7, 11) is 0. The zero-order valence-corrected chi connectivity index (χ0v) is 18.4. The molecule has 7 heteroatoms. The highest BCUT2D eigenvalue weighted by molar-refractivity contribution is 6.10. The second-order valence-electron chi connectivity index (χ2n) is 7.83. The Morgan fingerprint density at radius 3 is 2.45 bits per heavy atom. The van der Waals surface area contributed by atoms with Crippen LogP contribution in [0.4, 0.5) is 0 Å². The molecule has 1 fully saturated rings. The van der Waals surface area contributed by atoms with Gasteiger partial charge in [0.15, 0.2) is 11.6 Å². The Hall–Kier alpha value is -3.55. The van der Waals surface area contributed by atoms with Gasteiger partial charge in [-0.15, -0.1) is 0 Å². The number of morpholine rings is 1. The first kappa shape index (κ1) is 22.6. The summed E-state index contributed by atoms with van der Waals surface area (Å²) in [5.41, 5.74) is 3.51. The third kappa shape index (κ3) is 6.97. The van der Waals surface area contributed by atoms with E-state index in [2.05, 4.69) is 14.9 Å². The van der Waals surface area contributed by atoms with Gasteiger partial charge in [0.1, 0.15) is 12.4 Å². The lowest BCUT2D eigenvalue weighted by molar-refractivity contribution is -0.121. The maximum absolute atomic E-state index is 12.1.